The van der Waals surface area contributed by atoms with Gasteiger partial charge in [-0.15, -0.1) is 6.58 Å². The van der Waals surface area contributed by atoms with Crippen LogP contribution < -0.4 is 15.7 Å². The van der Waals surface area contributed by atoms with E-state index in [2.05, 4.69) is 17.2 Å². The first-order valence-corrected chi connectivity index (χ1v) is 5.15. The minimum absolute atomic E-state index is 0.263. The van der Waals surface area contributed by atoms with Crippen molar-refractivity contribution < 1.29 is 15.0 Å². The lowest BCUT2D eigenvalue weighted by atomic mass is 10.2. The lowest BCUT2D eigenvalue weighted by Gasteiger charge is -2.14. The quantitative estimate of drug-likeness (QED) is 0.545. The number of carboxylic acids is 1. The SMILES string of the molecule is C=CCNC(=S)Nc1ccc(C(=O)O)c([O-])c1. The van der Waals surface area contributed by atoms with Crippen LogP contribution in [-0.2, 0) is 0 Å². The van der Waals surface area contributed by atoms with Crippen molar-refractivity contribution in [2.45, 2.75) is 0 Å². The Morgan fingerprint density at radius 1 is 1.59 bits per heavy atom. The Morgan fingerprint density at radius 2 is 2.29 bits per heavy atom. The van der Waals surface area contributed by atoms with E-state index in [0.717, 1.165) is 0 Å². The lowest BCUT2D eigenvalue weighted by Crippen LogP contribution is -2.28. The molecule has 1 rings (SSSR count). The fourth-order valence-electron chi connectivity index (χ4n) is 1.12. The van der Waals surface area contributed by atoms with Crippen molar-refractivity contribution in [2.24, 2.45) is 0 Å². The lowest BCUT2D eigenvalue weighted by molar-refractivity contribution is -0.268. The number of carbonyl (C=O) groups is 1. The molecule has 17 heavy (non-hydrogen) atoms. The van der Waals surface area contributed by atoms with Crippen LogP contribution in [0, 0.1) is 0 Å². The van der Waals surface area contributed by atoms with Crippen LogP contribution in [0.25, 0.3) is 0 Å². The molecule has 0 aliphatic carbocycles. The average Bonchev–Trinajstić information content (AvgIpc) is 2.26. The van der Waals surface area contributed by atoms with Gasteiger partial charge < -0.3 is 20.8 Å². The topological polar surface area (TPSA) is 84.4 Å². The van der Waals surface area contributed by atoms with E-state index >= 15 is 0 Å². The van der Waals surface area contributed by atoms with E-state index in [1.165, 1.54) is 18.2 Å². The number of aromatic carboxylic acids is 1. The van der Waals surface area contributed by atoms with Gasteiger partial charge in [0.1, 0.15) is 0 Å². The fraction of sp³-hybridized carbons (Fsp3) is 0.0909. The number of rotatable bonds is 4. The van der Waals surface area contributed by atoms with Crippen molar-refractivity contribution in [3.63, 3.8) is 0 Å². The van der Waals surface area contributed by atoms with Gasteiger partial charge in [-0.1, -0.05) is 11.8 Å². The summed E-state index contributed by atoms with van der Waals surface area (Å²) in [6.45, 7) is 4.02. The molecule has 1 aromatic rings. The minimum Gasteiger partial charge on any atom is -0.872 e. The van der Waals surface area contributed by atoms with Gasteiger partial charge in [-0.05, 0) is 30.4 Å². The number of anilines is 1. The summed E-state index contributed by atoms with van der Waals surface area (Å²) >= 11 is 4.94. The van der Waals surface area contributed by atoms with Gasteiger partial charge in [-0.25, -0.2) is 4.79 Å². The first-order valence-electron chi connectivity index (χ1n) is 4.74. The smallest absolute Gasteiger partial charge is 0.335 e. The maximum absolute atomic E-state index is 11.4. The molecule has 5 nitrogen and oxygen atoms in total. The number of hydrogen-bond acceptors (Lipinski definition) is 3. The van der Waals surface area contributed by atoms with Gasteiger partial charge >= 0.3 is 5.97 Å². The number of nitrogens with one attached hydrogen (secondary N) is 2. The van der Waals surface area contributed by atoms with Gasteiger partial charge in [-0.3, -0.25) is 0 Å². The van der Waals surface area contributed by atoms with E-state index < -0.39 is 11.7 Å². The summed E-state index contributed by atoms with van der Waals surface area (Å²) in [4.78, 5) is 10.6. The zero-order valence-electron chi connectivity index (χ0n) is 8.90. The van der Waals surface area contributed by atoms with E-state index in [9.17, 15) is 9.90 Å². The van der Waals surface area contributed by atoms with Crippen molar-refractivity contribution in [2.75, 3.05) is 11.9 Å². The minimum atomic E-state index is -1.24. The van der Waals surface area contributed by atoms with Crippen LogP contribution in [0.15, 0.2) is 30.9 Å². The Hall–Kier alpha value is -2.08. The normalized spacial score (nSPS) is 9.41. The van der Waals surface area contributed by atoms with Gasteiger partial charge in [0, 0.05) is 12.2 Å². The summed E-state index contributed by atoms with van der Waals surface area (Å²) in [6.07, 6.45) is 1.64. The van der Waals surface area contributed by atoms with E-state index in [1.807, 2.05) is 0 Å². The second-order valence-corrected chi connectivity index (χ2v) is 3.55. The number of carboxylic acid groups (broad SMARTS) is 1. The summed E-state index contributed by atoms with van der Waals surface area (Å²) in [7, 11) is 0. The first-order chi connectivity index (χ1) is 8.04. The molecule has 0 radical (unpaired) electrons. The summed E-state index contributed by atoms with van der Waals surface area (Å²) in [5.41, 5.74) is 0.182. The molecule has 0 atom stereocenters. The van der Waals surface area contributed by atoms with Gasteiger partial charge in [0.2, 0.25) is 0 Å². The monoisotopic (exact) mass is 251 g/mol. The van der Waals surface area contributed by atoms with E-state index in [4.69, 9.17) is 17.3 Å². The molecule has 0 aliphatic heterocycles. The Morgan fingerprint density at radius 3 is 2.82 bits per heavy atom. The van der Waals surface area contributed by atoms with Crippen molar-refractivity contribution >= 4 is 29.0 Å². The molecule has 0 saturated heterocycles. The number of benzene rings is 1. The Bertz CT molecular complexity index is 460. The van der Waals surface area contributed by atoms with Gasteiger partial charge in [0.25, 0.3) is 0 Å². The highest BCUT2D eigenvalue weighted by Gasteiger charge is 2.04. The molecule has 0 heterocycles. The molecule has 0 bridgehead atoms. The predicted octanol–water partition coefficient (Wildman–Crippen LogP) is 0.931. The molecule has 0 aromatic heterocycles. The van der Waals surface area contributed by atoms with Crippen LogP contribution in [0.5, 0.6) is 5.75 Å². The van der Waals surface area contributed by atoms with Gasteiger partial charge in [0.15, 0.2) is 5.11 Å². The molecule has 0 amide bonds. The highest BCUT2D eigenvalue weighted by atomic mass is 32.1. The fourth-order valence-corrected chi connectivity index (χ4v) is 1.32. The standard InChI is InChI=1S/C11H12N2O3S/c1-2-5-12-11(17)13-7-3-4-8(10(15)16)9(14)6-7/h2-4,6,14H,1,5H2,(H,15,16)(H2,12,13,17)/p-1. The first kappa shape index (κ1) is 13.0. The van der Waals surface area contributed by atoms with Crippen LogP contribution in [0.2, 0.25) is 0 Å². The van der Waals surface area contributed by atoms with E-state index in [-0.39, 0.29) is 5.56 Å². The van der Waals surface area contributed by atoms with Crippen molar-refractivity contribution in [3.05, 3.63) is 36.4 Å². The molecule has 0 saturated carbocycles. The molecule has 6 heteroatoms. The molecule has 3 N–H and O–H groups in total. The predicted molar refractivity (Wildman–Crippen MR) is 67.3 cm³/mol. The summed E-state index contributed by atoms with van der Waals surface area (Å²) in [5, 5.41) is 26.0. The largest absolute Gasteiger partial charge is 0.872 e. The van der Waals surface area contributed by atoms with Crippen LogP contribution in [0.1, 0.15) is 10.4 Å². The zero-order valence-corrected chi connectivity index (χ0v) is 9.71. The van der Waals surface area contributed by atoms with Crippen molar-refractivity contribution in [3.8, 4) is 5.75 Å². The maximum Gasteiger partial charge on any atom is 0.335 e. The second kappa shape index (κ2) is 5.86. The highest BCUT2D eigenvalue weighted by molar-refractivity contribution is 7.80. The number of thiocarbonyl (C=S) groups is 1. The van der Waals surface area contributed by atoms with Gasteiger partial charge in [-0.2, -0.15) is 0 Å². The van der Waals surface area contributed by atoms with Crippen LogP contribution >= 0.6 is 12.2 Å². The maximum atomic E-state index is 11.4. The molecule has 90 valence electrons. The molecule has 1 aromatic carbocycles. The molecule has 0 aliphatic rings. The molecular formula is C11H11N2O3S-. The molecule has 0 unspecified atom stereocenters. The summed E-state index contributed by atoms with van der Waals surface area (Å²) < 4.78 is 0. The second-order valence-electron chi connectivity index (χ2n) is 3.14. The Balaban J connectivity index is 2.74. The molecule has 0 fully saturated rings. The Kier molecular flexibility index (Phi) is 4.47. The van der Waals surface area contributed by atoms with E-state index in [0.29, 0.717) is 17.3 Å². The summed E-state index contributed by atoms with van der Waals surface area (Å²) in [6, 6.07) is 3.90. The summed E-state index contributed by atoms with van der Waals surface area (Å²) in [5.74, 6) is -1.80. The third-order valence-corrected chi connectivity index (χ3v) is 2.12. The molecular weight excluding hydrogens is 240 g/mol. The van der Waals surface area contributed by atoms with Crippen LogP contribution in [0.3, 0.4) is 0 Å². The zero-order chi connectivity index (χ0) is 12.8. The third-order valence-electron chi connectivity index (χ3n) is 1.88. The Labute approximate surface area is 104 Å². The van der Waals surface area contributed by atoms with Gasteiger partial charge in [0.05, 0.1) is 5.56 Å². The van der Waals surface area contributed by atoms with Crippen molar-refractivity contribution in [1.29, 1.82) is 0 Å². The number of hydrogen-bond donors (Lipinski definition) is 3. The average molecular weight is 251 g/mol. The van der Waals surface area contributed by atoms with Crippen molar-refractivity contribution in [1.82, 2.24) is 5.32 Å². The highest BCUT2D eigenvalue weighted by Crippen LogP contribution is 2.19. The molecule has 0 spiro atoms. The third kappa shape index (κ3) is 3.76. The van der Waals surface area contributed by atoms with Crippen LogP contribution in [-0.4, -0.2) is 22.7 Å². The van der Waals surface area contributed by atoms with Crippen LogP contribution in [0.4, 0.5) is 5.69 Å². The van der Waals surface area contributed by atoms with E-state index in [1.54, 1.807) is 6.08 Å².